The van der Waals surface area contributed by atoms with Crippen LogP contribution in [0.1, 0.15) is 26.5 Å². The molecular formula is C17H24N5O14P3. The number of methoxy groups -OCH3 is 1. The van der Waals surface area contributed by atoms with Gasteiger partial charge in [0.25, 0.3) is 5.56 Å². The quantitative estimate of drug-likeness (QED) is 0.227. The second-order valence-electron chi connectivity index (χ2n) is 8.41. The molecule has 4 N–H and O–H groups in total. The molecule has 2 aliphatic rings. The Morgan fingerprint density at radius 2 is 2.00 bits per heavy atom. The summed E-state index contributed by atoms with van der Waals surface area (Å²) in [6.45, 7) is 2.44. The number of aromatic nitrogens is 4. The molecule has 2 saturated heterocycles. The topological polar surface area (TPSA) is 249 Å². The Hall–Kier alpha value is -2.14. The summed E-state index contributed by atoms with van der Waals surface area (Å²) in [6.07, 6.45) is -1.72. The molecule has 0 bridgehead atoms. The maximum absolute atomic E-state index is 12.5. The van der Waals surface area contributed by atoms with Crippen LogP contribution in [0.15, 0.2) is 11.1 Å². The third-order valence-electron chi connectivity index (χ3n) is 5.12. The number of nitrogens with one attached hydrogen (secondary N) is 2. The number of nitrogens with zero attached hydrogens (tertiary/aromatic N) is 3. The van der Waals surface area contributed by atoms with Crippen LogP contribution >= 0.6 is 24.2 Å². The van der Waals surface area contributed by atoms with Gasteiger partial charge in [-0.2, -0.15) is 9.29 Å². The summed E-state index contributed by atoms with van der Waals surface area (Å²) in [6, 6.07) is 0. The molecule has 2 aromatic heterocycles. The van der Waals surface area contributed by atoms with E-state index in [9.17, 15) is 33.3 Å². The van der Waals surface area contributed by atoms with Gasteiger partial charge in [0.05, 0.1) is 12.9 Å². The second-order valence-corrected chi connectivity index (χ2v) is 12.9. The summed E-state index contributed by atoms with van der Waals surface area (Å²) < 4.78 is 59.2. The number of carbonyl (C=O) groups excluding carboxylic acids is 2. The number of carbonyl (C=O) groups is 2. The van der Waals surface area contributed by atoms with Gasteiger partial charge in [-0.15, -0.1) is 0 Å². The Balaban J connectivity index is 1.56. The van der Waals surface area contributed by atoms with Crippen molar-refractivity contribution in [1.29, 1.82) is 0 Å². The lowest BCUT2D eigenvalue weighted by atomic mass is 10.2. The lowest BCUT2D eigenvalue weighted by Gasteiger charge is -2.27. The summed E-state index contributed by atoms with van der Waals surface area (Å²) in [5.74, 6) is -1.64. The Kier molecular flexibility index (Phi) is 9.00. The Morgan fingerprint density at radius 3 is 2.64 bits per heavy atom. The number of rotatable bonds is 9. The maximum atomic E-state index is 12.5. The molecule has 0 saturated carbocycles. The van der Waals surface area contributed by atoms with Crippen molar-refractivity contribution in [2.75, 3.05) is 25.6 Å². The minimum atomic E-state index is -4.94. The first-order chi connectivity index (χ1) is 18.3. The standard InChI is InChI=1S/C17H24N5O14P3/c1-8(2)15(24)20-17-19-14-13(16(25)21-17)18-7-22(14)11-4-9(33-12(23)6-30-3)10(32-11)5-31-37-34-38(26,27)36-39(28,29)35-37/h7-11H,4-6H2,1-3H3,(H,26,27)(H,28,29)(H2,19,20,21,24,25)/t9-,10+,11+/m0/s1. The molecule has 4 rings (SSSR count). The van der Waals surface area contributed by atoms with Crippen LogP contribution in [0.2, 0.25) is 0 Å². The fourth-order valence-corrected chi connectivity index (χ4v) is 7.65. The highest BCUT2D eigenvalue weighted by molar-refractivity contribution is 7.72. The number of amides is 1. The van der Waals surface area contributed by atoms with Gasteiger partial charge < -0.3 is 28.5 Å². The molecule has 2 aliphatic heterocycles. The molecule has 1 amide bonds. The highest BCUT2D eigenvalue weighted by Gasteiger charge is 2.49. The van der Waals surface area contributed by atoms with Crippen molar-refractivity contribution in [3.05, 3.63) is 16.7 Å². The van der Waals surface area contributed by atoms with Gasteiger partial charge in [0.2, 0.25) is 11.9 Å². The van der Waals surface area contributed by atoms with Crippen LogP contribution in [0.5, 0.6) is 0 Å². The molecule has 0 radical (unpaired) electrons. The summed E-state index contributed by atoms with van der Waals surface area (Å²) in [4.78, 5) is 66.3. The van der Waals surface area contributed by atoms with Crippen LogP contribution in [-0.2, 0) is 50.4 Å². The van der Waals surface area contributed by atoms with Gasteiger partial charge in [0, 0.05) is 19.4 Å². The number of anilines is 1. The Labute approximate surface area is 220 Å². The van der Waals surface area contributed by atoms with Crippen LogP contribution < -0.4 is 10.9 Å². The molecule has 0 spiro atoms. The molecule has 2 unspecified atom stereocenters. The predicted molar refractivity (Wildman–Crippen MR) is 128 cm³/mol. The monoisotopic (exact) mass is 615 g/mol. The maximum Gasteiger partial charge on any atom is 0.488 e. The van der Waals surface area contributed by atoms with E-state index in [1.807, 2.05) is 0 Å². The fourth-order valence-electron chi connectivity index (χ4n) is 3.45. The first-order valence-corrected chi connectivity index (χ1v) is 15.2. The zero-order chi connectivity index (χ0) is 28.5. The van der Waals surface area contributed by atoms with E-state index in [-0.39, 0.29) is 42.0 Å². The zero-order valence-electron chi connectivity index (χ0n) is 20.5. The third-order valence-corrected chi connectivity index (χ3v) is 9.85. The van der Waals surface area contributed by atoms with E-state index in [0.29, 0.717) is 0 Å². The molecule has 2 fully saturated rings. The number of hydrogen-bond donors (Lipinski definition) is 4. The molecule has 0 aromatic carbocycles. The van der Waals surface area contributed by atoms with E-state index in [1.54, 1.807) is 13.8 Å². The van der Waals surface area contributed by atoms with Crippen molar-refractivity contribution in [2.24, 2.45) is 5.92 Å². The van der Waals surface area contributed by atoms with Crippen molar-refractivity contribution in [3.63, 3.8) is 0 Å². The van der Waals surface area contributed by atoms with Gasteiger partial charge in [-0.3, -0.25) is 24.5 Å². The molecule has 19 nitrogen and oxygen atoms in total. The fraction of sp³-hybridized carbons (Fsp3) is 0.588. The number of imidazole rings is 1. The molecule has 216 valence electrons. The summed E-state index contributed by atoms with van der Waals surface area (Å²) >= 11 is 0. The number of hydrogen-bond acceptors (Lipinski definition) is 14. The number of phosphoric acid groups is 2. The minimum Gasteiger partial charge on any atom is -0.458 e. The van der Waals surface area contributed by atoms with Crippen LogP contribution in [-0.4, -0.2) is 73.7 Å². The van der Waals surface area contributed by atoms with Gasteiger partial charge in [0.15, 0.2) is 11.2 Å². The molecule has 2 aromatic rings. The smallest absolute Gasteiger partial charge is 0.458 e. The molecule has 5 atom stereocenters. The highest BCUT2D eigenvalue weighted by Crippen LogP contribution is 2.76. The highest BCUT2D eigenvalue weighted by atomic mass is 31.3. The van der Waals surface area contributed by atoms with E-state index in [1.165, 1.54) is 18.0 Å². The molecule has 22 heteroatoms. The minimum absolute atomic E-state index is 0.00313. The van der Waals surface area contributed by atoms with E-state index in [2.05, 4.69) is 33.2 Å². The average Bonchev–Trinajstić information content (AvgIpc) is 3.40. The van der Waals surface area contributed by atoms with Crippen molar-refractivity contribution < 1.29 is 60.2 Å². The summed E-state index contributed by atoms with van der Waals surface area (Å²) in [5.41, 5.74) is -0.634. The number of ether oxygens (including phenoxy) is 3. The van der Waals surface area contributed by atoms with Crippen LogP contribution in [0.25, 0.3) is 11.2 Å². The number of fused-ring (bicyclic) bond motifs is 1. The molecular weight excluding hydrogens is 591 g/mol. The average molecular weight is 615 g/mol. The van der Waals surface area contributed by atoms with Gasteiger partial charge >= 0.3 is 30.2 Å². The lowest BCUT2D eigenvalue weighted by Crippen LogP contribution is -2.32. The van der Waals surface area contributed by atoms with Crippen LogP contribution in [0, 0.1) is 5.92 Å². The van der Waals surface area contributed by atoms with E-state index >= 15 is 0 Å². The largest absolute Gasteiger partial charge is 0.488 e. The molecule has 4 heterocycles. The first kappa shape index (κ1) is 29.8. The Morgan fingerprint density at radius 1 is 1.31 bits per heavy atom. The summed E-state index contributed by atoms with van der Waals surface area (Å²) in [5, 5.41) is 2.50. The zero-order valence-corrected chi connectivity index (χ0v) is 23.2. The van der Waals surface area contributed by atoms with Crippen molar-refractivity contribution >= 4 is 53.2 Å². The molecule has 39 heavy (non-hydrogen) atoms. The van der Waals surface area contributed by atoms with Gasteiger partial charge in [0.1, 0.15) is 25.0 Å². The third kappa shape index (κ3) is 7.34. The van der Waals surface area contributed by atoms with E-state index < -0.39 is 60.8 Å². The summed E-state index contributed by atoms with van der Waals surface area (Å²) in [7, 11) is -11.4. The number of aromatic amines is 1. The van der Waals surface area contributed by atoms with Crippen molar-refractivity contribution in [1.82, 2.24) is 19.5 Å². The van der Waals surface area contributed by atoms with Crippen LogP contribution in [0.3, 0.4) is 0 Å². The lowest BCUT2D eigenvalue weighted by molar-refractivity contribution is -0.157. The van der Waals surface area contributed by atoms with Gasteiger partial charge in [-0.1, -0.05) is 13.8 Å². The van der Waals surface area contributed by atoms with Gasteiger partial charge in [-0.05, 0) is 0 Å². The Bertz CT molecular complexity index is 1370. The molecule has 0 aliphatic carbocycles. The van der Waals surface area contributed by atoms with Crippen LogP contribution in [0.4, 0.5) is 5.95 Å². The predicted octanol–water partition coefficient (Wildman–Crippen LogP) is 1.07. The normalized spacial score (nSPS) is 31.0. The SMILES string of the molecule is COCC(=O)O[C@H]1C[C@H](n2cnc3c(=O)[nH]c(NC(=O)C(C)C)nc32)O[C@@H]1COP1OP(=O)(O)OP(=O)(O)O1. The van der Waals surface area contributed by atoms with E-state index in [0.717, 1.165) is 0 Å². The van der Waals surface area contributed by atoms with Gasteiger partial charge in [-0.25, -0.2) is 27.5 Å². The van der Waals surface area contributed by atoms with Crippen molar-refractivity contribution in [3.8, 4) is 0 Å². The first-order valence-electron chi connectivity index (χ1n) is 11.1. The van der Waals surface area contributed by atoms with Crippen molar-refractivity contribution in [2.45, 2.75) is 38.7 Å². The van der Waals surface area contributed by atoms with E-state index in [4.69, 9.17) is 18.7 Å². The second kappa shape index (κ2) is 11.8. The number of esters is 1. The number of H-pyrrole nitrogens is 1.